The van der Waals surface area contributed by atoms with E-state index in [0.717, 1.165) is 31.1 Å². The van der Waals surface area contributed by atoms with Crippen LogP contribution in [0.4, 0.5) is 0 Å². The van der Waals surface area contributed by atoms with Crippen LogP contribution in [0.5, 0.6) is 11.5 Å². The molecule has 2 aromatic carbocycles. The van der Waals surface area contributed by atoms with Crippen LogP contribution in [0, 0.1) is 0 Å². The van der Waals surface area contributed by atoms with Crippen molar-refractivity contribution in [2.24, 2.45) is 0 Å². The van der Waals surface area contributed by atoms with Crippen molar-refractivity contribution in [1.29, 1.82) is 0 Å². The predicted molar refractivity (Wildman–Crippen MR) is 89.8 cm³/mol. The van der Waals surface area contributed by atoms with Gasteiger partial charge in [-0.15, -0.1) is 0 Å². The van der Waals surface area contributed by atoms with Gasteiger partial charge < -0.3 is 9.64 Å². The summed E-state index contributed by atoms with van der Waals surface area (Å²) < 4.78 is 5.78. The molecule has 0 amide bonds. The molecule has 0 aliphatic heterocycles. The largest absolute Gasteiger partial charge is 0.457 e. The molecule has 0 spiro atoms. The van der Waals surface area contributed by atoms with Crippen LogP contribution in [0.25, 0.3) is 6.08 Å². The molecular formula is C19H23NO. The highest BCUT2D eigenvalue weighted by Crippen LogP contribution is 2.21. The van der Waals surface area contributed by atoms with E-state index in [1.807, 2.05) is 42.5 Å². The highest BCUT2D eigenvalue weighted by Gasteiger charge is 1.97. The van der Waals surface area contributed by atoms with Gasteiger partial charge >= 0.3 is 0 Å². The van der Waals surface area contributed by atoms with Crippen molar-refractivity contribution in [3.63, 3.8) is 0 Å². The van der Waals surface area contributed by atoms with Crippen molar-refractivity contribution >= 4 is 6.08 Å². The number of ether oxygens (including phenoxy) is 1. The van der Waals surface area contributed by atoms with Crippen molar-refractivity contribution in [2.75, 3.05) is 19.6 Å². The summed E-state index contributed by atoms with van der Waals surface area (Å²) in [6.45, 7) is 7.55. The predicted octanol–water partition coefficient (Wildman–Crippen LogP) is 4.83. The summed E-state index contributed by atoms with van der Waals surface area (Å²) in [4.78, 5) is 2.38. The molecule has 21 heavy (non-hydrogen) atoms. The molecule has 2 rings (SSSR count). The van der Waals surface area contributed by atoms with Gasteiger partial charge in [-0.1, -0.05) is 56.3 Å². The Morgan fingerprint density at radius 3 is 2.10 bits per heavy atom. The SMILES string of the molecule is CCN(CC)CC=Cc1ccc(Oc2ccccc2)cc1. The topological polar surface area (TPSA) is 12.5 Å². The maximum absolute atomic E-state index is 5.78. The first kappa shape index (κ1) is 15.3. The summed E-state index contributed by atoms with van der Waals surface area (Å²) in [7, 11) is 0. The molecule has 0 bridgehead atoms. The van der Waals surface area contributed by atoms with Crippen molar-refractivity contribution in [1.82, 2.24) is 4.90 Å². The smallest absolute Gasteiger partial charge is 0.127 e. The van der Waals surface area contributed by atoms with E-state index in [-0.39, 0.29) is 0 Å². The quantitative estimate of drug-likeness (QED) is 0.720. The molecule has 0 aliphatic rings. The van der Waals surface area contributed by atoms with Crippen LogP contribution < -0.4 is 4.74 Å². The lowest BCUT2D eigenvalue weighted by atomic mass is 10.2. The Balaban J connectivity index is 1.91. The van der Waals surface area contributed by atoms with E-state index in [2.05, 4.69) is 43.0 Å². The second-order valence-electron chi connectivity index (χ2n) is 4.87. The third kappa shape index (κ3) is 5.09. The summed E-state index contributed by atoms with van der Waals surface area (Å²) in [5.41, 5.74) is 1.20. The zero-order valence-corrected chi connectivity index (χ0v) is 12.8. The van der Waals surface area contributed by atoms with Gasteiger partial charge in [0.1, 0.15) is 11.5 Å². The molecular weight excluding hydrogens is 258 g/mol. The van der Waals surface area contributed by atoms with Gasteiger partial charge in [-0.05, 0) is 42.9 Å². The Bertz CT molecular complexity index is 542. The molecule has 2 heteroatoms. The summed E-state index contributed by atoms with van der Waals surface area (Å²) in [6, 6.07) is 18.0. The highest BCUT2D eigenvalue weighted by molar-refractivity contribution is 5.51. The van der Waals surface area contributed by atoms with Crippen LogP contribution in [0.1, 0.15) is 19.4 Å². The standard InChI is InChI=1S/C19H23NO/c1-3-20(4-2)16-8-9-17-12-14-19(15-13-17)21-18-10-6-5-7-11-18/h5-15H,3-4,16H2,1-2H3. The molecule has 0 fully saturated rings. The zero-order valence-electron chi connectivity index (χ0n) is 12.8. The summed E-state index contributed by atoms with van der Waals surface area (Å²) in [5, 5.41) is 0. The monoisotopic (exact) mass is 281 g/mol. The third-order valence-electron chi connectivity index (χ3n) is 3.43. The molecule has 0 aliphatic carbocycles. The molecule has 2 aromatic rings. The van der Waals surface area contributed by atoms with Crippen LogP contribution in [0.3, 0.4) is 0 Å². The fourth-order valence-electron chi connectivity index (χ4n) is 2.09. The molecule has 0 radical (unpaired) electrons. The van der Waals surface area contributed by atoms with Crippen molar-refractivity contribution < 1.29 is 4.74 Å². The minimum atomic E-state index is 0.863. The number of hydrogen-bond acceptors (Lipinski definition) is 2. The van der Waals surface area contributed by atoms with Crippen molar-refractivity contribution in [2.45, 2.75) is 13.8 Å². The van der Waals surface area contributed by atoms with Gasteiger partial charge in [0.15, 0.2) is 0 Å². The molecule has 0 saturated heterocycles. The lowest BCUT2D eigenvalue weighted by Crippen LogP contribution is -2.22. The van der Waals surface area contributed by atoms with Gasteiger partial charge in [-0.25, -0.2) is 0 Å². The van der Waals surface area contributed by atoms with E-state index < -0.39 is 0 Å². The second kappa shape index (κ2) is 8.28. The average molecular weight is 281 g/mol. The Morgan fingerprint density at radius 1 is 0.857 bits per heavy atom. The summed E-state index contributed by atoms with van der Waals surface area (Å²) in [6.07, 6.45) is 4.37. The first-order valence-electron chi connectivity index (χ1n) is 7.53. The minimum Gasteiger partial charge on any atom is -0.457 e. The van der Waals surface area contributed by atoms with Crippen LogP contribution >= 0.6 is 0 Å². The van der Waals surface area contributed by atoms with Gasteiger partial charge in [0.2, 0.25) is 0 Å². The minimum absolute atomic E-state index is 0.863. The van der Waals surface area contributed by atoms with E-state index in [0.29, 0.717) is 0 Å². The number of nitrogens with zero attached hydrogens (tertiary/aromatic N) is 1. The first-order chi connectivity index (χ1) is 10.3. The van der Waals surface area contributed by atoms with Gasteiger partial charge in [0.05, 0.1) is 0 Å². The first-order valence-corrected chi connectivity index (χ1v) is 7.53. The van der Waals surface area contributed by atoms with Crippen LogP contribution in [-0.2, 0) is 0 Å². The van der Waals surface area contributed by atoms with Gasteiger partial charge in [-0.2, -0.15) is 0 Å². The molecule has 0 atom stereocenters. The molecule has 0 aromatic heterocycles. The molecule has 0 unspecified atom stereocenters. The van der Waals surface area contributed by atoms with Crippen molar-refractivity contribution in [3.8, 4) is 11.5 Å². The van der Waals surface area contributed by atoms with Crippen LogP contribution in [0.2, 0.25) is 0 Å². The second-order valence-corrected chi connectivity index (χ2v) is 4.87. The number of hydrogen-bond donors (Lipinski definition) is 0. The van der Waals surface area contributed by atoms with Gasteiger partial charge in [0.25, 0.3) is 0 Å². The molecule has 110 valence electrons. The normalized spacial score (nSPS) is 11.2. The van der Waals surface area contributed by atoms with Crippen LogP contribution in [-0.4, -0.2) is 24.5 Å². The Morgan fingerprint density at radius 2 is 1.48 bits per heavy atom. The molecule has 0 saturated carbocycles. The fourth-order valence-corrected chi connectivity index (χ4v) is 2.09. The number of rotatable bonds is 7. The lowest BCUT2D eigenvalue weighted by molar-refractivity contribution is 0.338. The molecule has 0 heterocycles. The van der Waals surface area contributed by atoms with Crippen LogP contribution in [0.15, 0.2) is 60.7 Å². The third-order valence-corrected chi connectivity index (χ3v) is 3.43. The Hall–Kier alpha value is -2.06. The highest BCUT2D eigenvalue weighted by atomic mass is 16.5. The van der Waals surface area contributed by atoms with Gasteiger partial charge in [0, 0.05) is 6.54 Å². The number of likely N-dealkylation sites (N-methyl/N-ethyl adjacent to an activating group) is 1. The Kier molecular flexibility index (Phi) is 6.04. The number of benzene rings is 2. The lowest BCUT2D eigenvalue weighted by Gasteiger charge is -2.14. The summed E-state index contributed by atoms with van der Waals surface area (Å²) >= 11 is 0. The Labute approximate surface area is 127 Å². The molecule has 2 nitrogen and oxygen atoms in total. The summed E-state index contributed by atoms with van der Waals surface area (Å²) in [5.74, 6) is 1.73. The fraction of sp³-hybridized carbons (Fsp3) is 0.263. The maximum atomic E-state index is 5.78. The number of para-hydroxylation sites is 1. The average Bonchev–Trinajstić information content (AvgIpc) is 2.54. The van der Waals surface area contributed by atoms with Gasteiger partial charge in [-0.3, -0.25) is 0 Å². The zero-order chi connectivity index (χ0) is 14.9. The van der Waals surface area contributed by atoms with E-state index in [1.54, 1.807) is 0 Å². The van der Waals surface area contributed by atoms with E-state index in [4.69, 9.17) is 4.74 Å². The van der Waals surface area contributed by atoms with E-state index in [9.17, 15) is 0 Å². The maximum Gasteiger partial charge on any atom is 0.127 e. The van der Waals surface area contributed by atoms with E-state index >= 15 is 0 Å². The van der Waals surface area contributed by atoms with E-state index in [1.165, 1.54) is 5.56 Å². The van der Waals surface area contributed by atoms with Crippen molar-refractivity contribution in [3.05, 3.63) is 66.2 Å². The molecule has 0 N–H and O–H groups in total.